The van der Waals surface area contributed by atoms with Crippen molar-refractivity contribution in [1.29, 1.82) is 0 Å². The van der Waals surface area contributed by atoms with Crippen molar-refractivity contribution in [2.75, 3.05) is 11.9 Å². The van der Waals surface area contributed by atoms with E-state index in [1.165, 1.54) is 13.0 Å². The first-order valence-corrected chi connectivity index (χ1v) is 8.94. The maximum absolute atomic E-state index is 13.9. The number of carbonyl (C=O) groups is 3. The van der Waals surface area contributed by atoms with Gasteiger partial charge in [0.15, 0.2) is 12.4 Å². The third-order valence-electron chi connectivity index (χ3n) is 3.95. The molecule has 0 fully saturated rings. The van der Waals surface area contributed by atoms with E-state index in [1.807, 2.05) is 0 Å². The minimum absolute atomic E-state index is 0.210. The summed E-state index contributed by atoms with van der Waals surface area (Å²) >= 11 is 1.14. The van der Waals surface area contributed by atoms with Gasteiger partial charge in [-0.1, -0.05) is 6.07 Å². The number of amides is 1. The molecule has 138 valence electrons. The van der Waals surface area contributed by atoms with Gasteiger partial charge in [0.1, 0.15) is 10.7 Å². The predicted molar refractivity (Wildman–Crippen MR) is 102 cm³/mol. The molecule has 3 rings (SSSR count). The summed E-state index contributed by atoms with van der Waals surface area (Å²) < 4.78 is 19.7. The number of hydrogen-bond acceptors (Lipinski definition) is 5. The summed E-state index contributed by atoms with van der Waals surface area (Å²) in [7, 11) is 0. The van der Waals surface area contributed by atoms with Crippen LogP contribution in [-0.2, 0) is 9.53 Å². The van der Waals surface area contributed by atoms with Crippen molar-refractivity contribution in [3.63, 3.8) is 0 Å². The summed E-state index contributed by atoms with van der Waals surface area (Å²) in [6.07, 6.45) is 0. The molecule has 0 bridgehead atoms. The second-order valence-electron chi connectivity index (χ2n) is 5.93. The van der Waals surface area contributed by atoms with Gasteiger partial charge in [-0.3, -0.25) is 9.59 Å². The number of aryl methyl sites for hydroxylation is 1. The molecule has 0 saturated heterocycles. The average molecular weight is 385 g/mol. The zero-order valence-corrected chi connectivity index (χ0v) is 15.5. The van der Waals surface area contributed by atoms with E-state index in [2.05, 4.69) is 5.32 Å². The Morgan fingerprint density at radius 1 is 1.11 bits per heavy atom. The van der Waals surface area contributed by atoms with Gasteiger partial charge in [0, 0.05) is 28.3 Å². The number of anilines is 1. The lowest BCUT2D eigenvalue weighted by Gasteiger charge is -2.05. The number of ether oxygens (including phenoxy) is 1. The van der Waals surface area contributed by atoms with E-state index in [1.54, 1.807) is 43.3 Å². The first-order valence-electron chi connectivity index (χ1n) is 8.12. The Morgan fingerprint density at radius 3 is 2.44 bits per heavy atom. The zero-order valence-electron chi connectivity index (χ0n) is 14.7. The molecule has 7 heteroatoms. The smallest absolute Gasteiger partial charge is 0.349 e. The molecule has 1 heterocycles. The molecule has 2 aromatic carbocycles. The topological polar surface area (TPSA) is 72.5 Å². The molecule has 0 aliphatic heterocycles. The Balaban J connectivity index is 1.68. The van der Waals surface area contributed by atoms with Gasteiger partial charge in [0.25, 0.3) is 0 Å². The first kappa shape index (κ1) is 18.7. The standard InChI is InChI=1S/C20H16FNO4S/c1-11-18-15(21)4-3-5-17(18)27-19(11)20(25)26-10-16(24)13-6-8-14(9-7-13)22-12(2)23/h3-9H,10H2,1-2H3,(H,22,23). The van der Waals surface area contributed by atoms with Gasteiger partial charge in [-0.25, -0.2) is 9.18 Å². The highest BCUT2D eigenvalue weighted by molar-refractivity contribution is 7.21. The maximum atomic E-state index is 13.9. The number of benzene rings is 2. The normalized spacial score (nSPS) is 10.6. The third kappa shape index (κ3) is 4.03. The van der Waals surface area contributed by atoms with Gasteiger partial charge < -0.3 is 10.1 Å². The van der Waals surface area contributed by atoms with Crippen LogP contribution in [-0.4, -0.2) is 24.3 Å². The molecule has 5 nitrogen and oxygen atoms in total. The van der Waals surface area contributed by atoms with Crippen LogP contribution in [0.4, 0.5) is 10.1 Å². The fourth-order valence-corrected chi connectivity index (χ4v) is 3.79. The second kappa shape index (κ2) is 7.67. The van der Waals surface area contributed by atoms with Crippen molar-refractivity contribution in [2.45, 2.75) is 13.8 Å². The van der Waals surface area contributed by atoms with E-state index in [0.717, 1.165) is 11.3 Å². The summed E-state index contributed by atoms with van der Waals surface area (Å²) in [5.74, 6) is -1.63. The predicted octanol–water partition coefficient (Wildman–Crippen LogP) is 4.35. The Labute approximate surface area is 158 Å². The molecule has 1 amide bonds. The van der Waals surface area contributed by atoms with E-state index >= 15 is 0 Å². The molecule has 0 spiro atoms. The molecule has 27 heavy (non-hydrogen) atoms. The number of nitrogens with one attached hydrogen (secondary N) is 1. The highest BCUT2D eigenvalue weighted by Gasteiger charge is 2.20. The minimum atomic E-state index is -0.656. The zero-order chi connectivity index (χ0) is 19.6. The number of thiophene rings is 1. The number of rotatable bonds is 5. The maximum Gasteiger partial charge on any atom is 0.349 e. The lowest BCUT2D eigenvalue weighted by molar-refractivity contribution is -0.114. The van der Waals surface area contributed by atoms with Crippen molar-refractivity contribution >= 4 is 44.8 Å². The van der Waals surface area contributed by atoms with E-state index < -0.39 is 18.4 Å². The first-order chi connectivity index (χ1) is 12.9. The van der Waals surface area contributed by atoms with Gasteiger partial charge in [-0.05, 0) is 48.9 Å². The number of carbonyl (C=O) groups excluding carboxylic acids is 3. The monoisotopic (exact) mass is 385 g/mol. The SMILES string of the molecule is CC(=O)Nc1ccc(C(=O)COC(=O)c2sc3cccc(F)c3c2C)cc1. The molecular formula is C20H16FNO4S. The lowest BCUT2D eigenvalue weighted by Crippen LogP contribution is -2.14. The van der Waals surface area contributed by atoms with Crippen LogP contribution in [0.15, 0.2) is 42.5 Å². The highest BCUT2D eigenvalue weighted by Crippen LogP contribution is 2.33. The largest absolute Gasteiger partial charge is 0.453 e. The van der Waals surface area contributed by atoms with Crippen LogP contribution in [0.2, 0.25) is 0 Å². The van der Waals surface area contributed by atoms with Crippen LogP contribution in [0.25, 0.3) is 10.1 Å². The van der Waals surface area contributed by atoms with Crippen LogP contribution in [0.3, 0.4) is 0 Å². The van der Waals surface area contributed by atoms with E-state index in [0.29, 0.717) is 26.9 Å². The molecule has 1 N–H and O–H groups in total. The van der Waals surface area contributed by atoms with Crippen LogP contribution in [0, 0.1) is 12.7 Å². The number of fused-ring (bicyclic) bond motifs is 1. The Hall–Kier alpha value is -3.06. The highest BCUT2D eigenvalue weighted by atomic mass is 32.1. The van der Waals surface area contributed by atoms with Crippen molar-refractivity contribution in [1.82, 2.24) is 0 Å². The molecule has 3 aromatic rings. The molecule has 0 unspecified atom stereocenters. The molecule has 0 saturated carbocycles. The van der Waals surface area contributed by atoms with E-state index in [9.17, 15) is 18.8 Å². The van der Waals surface area contributed by atoms with Gasteiger partial charge in [-0.2, -0.15) is 0 Å². The second-order valence-corrected chi connectivity index (χ2v) is 6.98. The molecule has 0 aliphatic carbocycles. The summed E-state index contributed by atoms with van der Waals surface area (Å²) in [6.45, 7) is 2.62. The van der Waals surface area contributed by atoms with Crippen molar-refractivity contribution in [2.24, 2.45) is 0 Å². The minimum Gasteiger partial charge on any atom is -0.453 e. The van der Waals surface area contributed by atoms with Gasteiger partial charge in [0.2, 0.25) is 5.91 Å². The number of Topliss-reactive ketones (excluding diaryl/α,β-unsaturated/α-hetero) is 1. The summed E-state index contributed by atoms with van der Waals surface area (Å²) in [6, 6.07) is 10.9. The molecule has 0 aliphatic rings. The Morgan fingerprint density at radius 2 is 1.81 bits per heavy atom. The quantitative estimate of drug-likeness (QED) is 0.524. The van der Waals surface area contributed by atoms with Crippen LogP contribution < -0.4 is 5.32 Å². The van der Waals surface area contributed by atoms with Crippen LogP contribution in [0.5, 0.6) is 0 Å². The fraction of sp³-hybridized carbons (Fsp3) is 0.150. The fourth-order valence-electron chi connectivity index (χ4n) is 2.67. The number of esters is 1. The Kier molecular flexibility index (Phi) is 5.32. The Bertz CT molecular complexity index is 1040. The molecule has 0 atom stereocenters. The van der Waals surface area contributed by atoms with E-state index in [-0.39, 0.29) is 16.6 Å². The summed E-state index contributed by atoms with van der Waals surface area (Å²) in [5, 5.41) is 3.00. The van der Waals surface area contributed by atoms with Crippen molar-refractivity contribution in [3.05, 3.63) is 64.3 Å². The van der Waals surface area contributed by atoms with Gasteiger partial charge >= 0.3 is 5.97 Å². The average Bonchev–Trinajstić information content (AvgIpc) is 2.97. The molecule has 0 radical (unpaired) electrons. The van der Waals surface area contributed by atoms with E-state index in [4.69, 9.17) is 4.74 Å². The van der Waals surface area contributed by atoms with Crippen molar-refractivity contribution < 1.29 is 23.5 Å². The molecular weight excluding hydrogens is 369 g/mol. The number of hydrogen-bond donors (Lipinski definition) is 1. The summed E-state index contributed by atoms with van der Waals surface area (Å²) in [5.41, 5.74) is 1.43. The molecule has 1 aromatic heterocycles. The summed E-state index contributed by atoms with van der Waals surface area (Å²) in [4.78, 5) is 35.8. The van der Waals surface area contributed by atoms with Gasteiger partial charge in [0.05, 0.1) is 0 Å². The third-order valence-corrected chi connectivity index (χ3v) is 5.19. The van der Waals surface area contributed by atoms with Crippen molar-refractivity contribution in [3.8, 4) is 0 Å². The van der Waals surface area contributed by atoms with Crippen LogP contribution in [0.1, 0.15) is 32.5 Å². The number of ketones is 1. The lowest BCUT2D eigenvalue weighted by atomic mass is 10.1. The number of halogens is 1. The van der Waals surface area contributed by atoms with Crippen LogP contribution >= 0.6 is 11.3 Å². The van der Waals surface area contributed by atoms with Gasteiger partial charge in [-0.15, -0.1) is 11.3 Å².